The highest BCUT2D eigenvalue weighted by molar-refractivity contribution is 6.22. The molecule has 194 valence electrons. The minimum Gasteiger partial charge on any atom is -0.480 e. The number of carboxylic acid groups (broad SMARTS) is 1. The van der Waals surface area contributed by atoms with Gasteiger partial charge in [0.1, 0.15) is 12.6 Å². The van der Waals surface area contributed by atoms with Gasteiger partial charge in [0, 0.05) is 31.0 Å². The van der Waals surface area contributed by atoms with Gasteiger partial charge in [0.2, 0.25) is 0 Å². The molecule has 1 fully saturated rings. The highest BCUT2D eigenvalue weighted by Gasteiger charge is 2.36. The van der Waals surface area contributed by atoms with Gasteiger partial charge in [-0.15, -0.1) is 0 Å². The van der Waals surface area contributed by atoms with E-state index in [4.69, 9.17) is 4.74 Å². The Balaban J connectivity index is 1.33. The molecule has 1 atom stereocenters. The Bertz CT molecular complexity index is 1210. The molecule has 0 radical (unpaired) electrons. The number of Topliss-reactive ketones (excluding diaryl/α,β-unsaturated/α-hetero) is 2. The van der Waals surface area contributed by atoms with Crippen LogP contribution in [0.25, 0.3) is 11.1 Å². The summed E-state index contributed by atoms with van der Waals surface area (Å²) in [7, 11) is 0. The van der Waals surface area contributed by atoms with Crippen LogP contribution in [0.1, 0.15) is 57.1 Å². The van der Waals surface area contributed by atoms with Crippen molar-refractivity contribution in [1.82, 2.24) is 10.6 Å². The molecule has 0 aromatic heterocycles. The highest BCUT2D eigenvalue weighted by Crippen LogP contribution is 2.44. The van der Waals surface area contributed by atoms with Crippen molar-refractivity contribution in [1.29, 1.82) is 0 Å². The number of nitrogens with one attached hydrogen (secondary N) is 2. The zero-order valence-electron chi connectivity index (χ0n) is 21.3. The number of ketones is 2. The first kappa shape index (κ1) is 26.1. The normalized spacial score (nSPS) is 17.0. The molecular formula is C29H32N2O6. The molecule has 4 rings (SSSR count). The van der Waals surface area contributed by atoms with Crippen LogP contribution in [0.4, 0.5) is 4.79 Å². The van der Waals surface area contributed by atoms with Gasteiger partial charge >= 0.3 is 12.1 Å². The minimum absolute atomic E-state index is 0.0397. The maximum absolute atomic E-state index is 12.5. The van der Waals surface area contributed by atoms with Crippen LogP contribution >= 0.6 is 0 Å². The molecular weight excluding hydrogens is 472 g/mol. The van der Waals surface area contributed by atoms with E-state index in [1.807, 2.05) is 62.4 Å². The first-order chi connectivity index (χ1) is 17.6. The second kappa shape index (κ2) is 10.6. The van der Waals surface area contributed by atoms with Gasteiger partial charge in [-0.1, -0.05) is 62.4 Å². The van der Waals surface area contributed by atoms with Crippen LogP contribution in [0.5, 0.6) is 0 Å². The lowest BCUT2D eigenvalue weighted by Gasteiger charge is -2.29. The molecule has 3 N–H and O–H groups in total. The van der Waals surface area contributed by atoms with Crippen molar-refractivity contribution >= 4 is 23.6 Å². The predicted octanol–water partition coefficient (Wildman–Crippen LogP) is 4.19. The Hall–Kier alpha value is -3.94. The van der Waals surface area contributed by atoms with Crippen LogP contribution in [0.2, 0.25) is 0 Å². The summed E-state index contributed by atoms with van der Waals surface area (Å²) in [5.41, 5.74) is 4.54. The number of hydrogen-bond donors (Lipinski definition) is 3. The zero-order chi connectivity index (χ0) is 26.7. The van der Waals surface area contributed by atoms with E-state index in [0.29, 0.717) is 5.70 Å². The summed E-state index contributed by atoms with van der Waals surface area (Å²) in [5, 5.41) is 15.0. The summed E-state index contributed by atoms with van der Waals surface area (Å²) in [6.07, 6.45) is -0.204. The van der Waals surface area contributed by atoms with Crippen LogP contribution in [0, 0.1) is 5.41 Å². The molecule has 2 aliphatic carbocycles. The van der Waals surface area contributed by atoms with Gasteiger partial charge in [-0.05, 0) is 41.0 Å². The minimum atomic E-state index is -1.20. The standard InChI is InChI=1S/C29H32N2O6/c1-17(26-24(32)14-29(2,3)15-25(26)33)30-13-12-23(27(34)35)31-28(36)37-16-22-20-10-6-4-8-18(20)19-9-5-7-11-21(19)22/h4-11,22-23,30H,12-16H2,1-3H3,(H,31,36)(H,34,35)/t23-/m1/s1. The summed E-state index contributed by atoms with van der Waals surface area (Å²) in [4.78, 5) is 49.2. The van der Waals surface area contributed by atoms with Gasteiger partial charge in [-0.2, -0.15) is 0 Å². The Labute approximate surface area is 216 Å². The second-order valence-corrected chi connectivity index (χ2v) is 10.4. The fraction of sp³-hybridized carbons (Fsp3) is 0.379. The van der Waals surface area contributed by atoms with Crippen LogP contribution in [-0.2, 0) is 19.1 Å². The molecule has 0 bridgehead atoms. The molecule has 1 amide bonds. The molecule has 8 nitrogen and oxygen atoms in total. The number of carbonyl (C=O) groups excluding carboxylic acids is 3. The number of carbonyl (C=O) groups is 4. The van der Waals surface area contributed by atoms with Crippen molar-refractivity contribution in [2.24, 2.45) is 5.41 Å². The number of rotatable bonds is 8. The quantitative estimate of drug-likeness (QED) is 0.364. The van der Waals surface area contributed by atoms with Gasteiger partial charge in [-0.3, -0.25) is 9.59 Å². The molecule has 2 aliphatic rings. The van der Waals surface area contributed by atoms with E-state index in [2.05, 4.69) is 10.6 Å². The molecule has 1 saturated carbocycles. The van der Waals surface area contributed by atoms with Crippen molar-refractivity contribution in [2.45, 2.75) is 52.0 Å². The van der Waals surface area contributed by atoms with Crippen LogP contribution in [0.15, 0.2) is 59.8 Å². The number of benzene rings is 2. The smallest absolute Gasteiger partial charge is 0.407 e. The lowest BCUT2D eigenvalue weighted by Crippen LogP contribution is -2.43. The average Bonchev–Trinajstić information content (AvgIpc) is 3.14. The number of allylic oxidation sites excluding steroid dienone is 2. The molecule has 2 aromatic rings. The van der Waals surface area contributed by atoms with Crippen molar-refractivity contribution in [3.8, 4) is 11.1 Å². The van der Waals surface area contributed by atoms with E-state index in [9.17, 15) is 24.3 Å². The van der Waals surface area contributed by atoms with Gasteiger partial charge < -0.3 is 20.5 Å². The Morgan fingerprint density at radius 2 is 1.54 bits per heavy atom. The monoisotopic (exact) mass is 504 g/mol. The molecule has 2 aromatic carbocycles. The number of aliphatic carboxylic acids is 1. The molecule has 0 heterocycles. The second-order valence-electron chi connectivity index (χ2n) is 10.4. The zero-order valence-corrected chi connectivity index (χ0v) is 21.3. The number of fused-ring (bicyclic) bond motifs is 3. The largest absolute Gasteiger partial charge is 0.480 e. The molecule has 0 spiro atoms. The van der Waals surface area contributed by atoms with Crippen molar-refractivity contribution in [3.05, 3.63) is 70.9 Å². The molecule has 0 saturated heterocycles. The number of carboxylic acids is 1. The lowest BCUT2D eigenvalue weighted by atomic mass is 9.73. The summed E-state index contributed by atoms with van der Waals surface area (Å²) in [6.45, 7) is 5.64. The number of ether oxygens (including phenoxy) is 1. The van der Waals surface area contributed by atoms with Crippen LogP contribution in [0.3, 0.4) is 0 Å². The first-order valence-electron chi connectivity index (χ1n) is 12.4. The summed E-state index contributed by atoms with van der Waals surface area (Å²) in [6, 6.07) is 14.7. The van der Waals surface area contributed by atoms with E-state index in [-0.39, 0.29) is 60.9 Å². The first-order valence-corrected chi connectivity index (χ1v) is 12.4. The maximum Gasteiger partial charge on any atom is 0.407 e. The van der Waals surface area contributed by atoms with E-state index < -0.39 is 18.1 Å². The SMILES string of the molecule is CC(NCC[C@@H](NC(=O)OCC1c2ccccc2-c2ccccc21)C(=O)O)=C1C(=O)CC(C)(C)CC1=O. The third kappa shape index (κ3) is 5.74. The number of hydrogen-bond acceptors (Lipinski definition) is 6. The lowest BCUT2D eigenvalue weighted by molar-refractivity contribution is -0.139. The van der Waals surface area contributed by atoms with Crippen LogP contribution in [-0.4, -0.2) is 47.9 Å². The number of alkyl carbamates (subject to hydrolysis) is 1. The van der Waals surface area contributed by atoms with Crippen molar-refractivity contribution in [3.63, 3.8) is 0 Å². The predicted molar refractivity (Wildman–Crippen MR) is 138 cm³/mol. The molecule has 0 unspecified atom stereocenters. The van der Waals surface area contributed by atoms with E-state index in [0.717, 1.165) is 22.3 Å². The van der Waals surface area contributed by atoms with Gasteiger partial charge in [-0.25, -0.2) is 9.59 Å². The molecule has 37 heavy (non-hydrogen) atoms. The third-order valence-electron chi connectivity index (χ3n) is 6.97. The summed E-state index contributed by atoms with van der Waals surface area (Å²) in [5.74, 6) is -1.75. The van der Waals surface area contributed by atoms with E-state index in [1.165, 1.54) is 0 Å². The Kier molecular flexibility index (Phi) is 7.47. The Morgan fingerprint density at radius 3 is 2.08 bits per heavy atom. The number of amides is 1. The maximum atomic E-state index is 12.5. The van der Waals surface area contributed by atoms with Crippen LogP contribution < -0.4 is 10.6 Å². The molecule has 0 aliphatic heterocycles. The van der Waals surface area contributed by atoms with E-state index in [1.54, 1.807) is 6.92 Å². The summed E-state index contributed by atoms with van der Waals surface area (Å²) < 4.78 is 5.46. The topological polar surface area (TPSA) is 122 Å². The fourth-order valence-corrected chi connectivity index (χ4v) is 5.21. The Morgan fingerprint density at radius 1 is 1.00 bits per heavy atom. The average molecular weight is 505 g/mol. The van der Waals surface area contributed by atoms with Gasteiger partial charge in [0.25, 0.3) is 0 Å². The third-order valence-corrected chi connectivity index (χ3v) is 6.97. The summed E-state index contributed by atoms with van der Waals surface area (Å²) >= 11 is 0. The van der Waals surface area contributed by atoms with Gasteiger partial charge in [0.05, 0.1) is 5.57 Å². The molecule has 8 heteroatoms. The fourth-order valence-electron chi connectivity index (χ4n) is 5.21. The van der Waals surface area contributed by atoms with E-state index >= 15 is 0 Å². The van der Waals surface area contributed by atoms with Crippen molar-refractivity contribution in [2.75, 3.05) is 13.2 Å². The van der Waals surface area contributed by atoms with Gasteiger partial charge in [0.15, 0.2) is 11.6 Å². The van der Waals surface area contributed by atoms with Crippen molar-refractivity contribution < 1.29 is 29.0 Å². The highest BCUT2D eigenvalue weighted by atomic mass is 16.5.